The highest BCUT2D eigenvalue weighted by Crippen LogP contribution is 2.34. The van der Waals surface area contributed by atoms with Gasteiger partial charge < -0.3 is 19.6 Å². The number of alkyl halides is 3. The van der Waals surface area contributed by atoms with E-state index in [-0.39, 0.29) is 29.2 Å². The molecular weight excluding hydrogens is 433 g/mol. The van der Waals surface area contributed by atoms with Crippen molar-refractivity contribution in [3.8, 4) is 17.1 Å². The van der Waals surface area contributed by atoms with Crippen molar-refractivity contribution in [2.45, 2.75) is 31.5 Å². The van der Waals surface area contributed by atoms with Crippen LogP contribution in [0.5, 0.6) is 5.75 Å². The smallest absolute Gasteiger partial charge is 0.573 e. The van der Waals surface area contributed by atoms with Crippen LogP contribution in [0, 0.1) is 5.21 Å². The molecule has 12 heteroatoms. The van der Waals surface area contributed by atoms with E-state index in [1.54, 1.807) is 12.1 Å². The molecule has 1 unspecified atom stereocenters. The summed E-state index contributed by atoms with van der Waals surface area (Å²) in [6.45, 7) is 0.801. The molecule has 1 fully saturated rings. The molecule has 0 spiro atoms. The lowest BCUT2D eigenvalue weighted by atomic mass is 10.1. The second-order valence-electron chi connectivity index (χ2n) is 7.37. The number of aliphatic hydroxyl groups is 1. The molecule has 2 aromatic carbocycles. The van der Waals surface area contributed by atoms with Crippen molar-refractivity contribution in [3.63, 3.8) is 0 Å². The summed E-state index contributed by atoms with van der Waals surface area (Å²) in [5.74, 6) is 0.115. The molecule has 0 radical (unpaired) electrons. The number of halogens is 3. The Kier molecular flexibility index (Phi) is 6.13. The molecule has 4 rings (SSSR count). The zero-order valence-corrected chi connectivity index (χ0v) is 16.5. The first-order valence-corrected chi connectivity index (χ1v) is 9.62. The molecule has 32 heavy (non-hydrogen) atoms. The van der Waals surface area contributed by atoms with Crippen LogP contribution in [0.15, 0.2) is 53.1 Å². The second kappa shape index (κ2) is 8.84. The number of aliphatic hydroxyl groups excluding tert-OH is 1. The van der Waals surface area contributed by atoms with Gasteiger partial charge in [0.05, 0.1) is 12.1 Å². The van der Waals surface area contributed by atoms with Gasteiger partial charge in [0.25, 0.3) is 0 Å². The maximum Gasteiger partial charge on any atom is 0.573 e. The van der Waals surface area contributed by atoms with E-state index >= 15 is 0 Å². The molecular formula is C20H19F3N4O5. The number of nitrogens with one attached hydrogen (secondary N) is 1. The molecule has 1 aliphatic heterocycles. The monoisotopic (exact) mass is 452 g/mol. The van der Waals surface area contributed by atoms with E-state index in [1.807, 2.05) is 4.90 Å². The van der Waals surface area contributed by atoms with Crippen LogP contribution in [0.2, 0.25) is 0 Å². The Balaban J connectivity index is 1.48. The number of hydrogen-bond donors (Lipinski definition) is 3. The highest BCUT2D eigenvalue weighted by Gasteiger charge is 2.36. The Labute approximate surface area is 179 Å². The largest absolute Gasteiger partial charge is 0.595 e. The summed E-state index contributed by atoms with van der Waals surface area (Å²) >= 11 is 0. The number of ether oxygens (including phenoxy) is 1. The molecule has 3 N–H and O–H groups in total. The van der Waals surface area contributed by atoms with Gasteiger partial charge in [-0.15, -0.1) is 13.2 Å². The van der Waals surface area contributed by atoms with Gasteiger partial charge in [0.15, 0.2) is 5.69 Å². The predicted octanol–water partition coefficient (Wildman–Crippen LogP) is 2.35. The number of rotatable bonds is 6. The molecule has 9 nitrogen and oxygen atoms in total. The molecule has 170 valence electrons. The number of quaternary nitrogens is 1. The molecule has 1 aromatic heterocycles. The van der Waals surface area contributed by atoms with Gasteiger partial charge in [-0.05, 0) is 36.2 Å². The standard InChI is InChI=1S/C20H19F3N4O5/c21-20(22,23)31-16-7-3-13(4-8-16)18-24-19(32-25-18)17-9-15(28)11-26(17)10-12-1-5-14(6-2-12)27(29)30/h1-8,15,17,27-29H,9-11H2/t15-,17+/m1/s1. The fraction of sp³-hybridized carbons (Fsp3) is 0.300. The fourth-order valence-electron chi connectivity index (χ4n) is 3.59. The minimum atomic E-state index is -4.78. The number of likely N-dealkylation sites (tertiary alicyclic amines) is 1. The molecule has 2 heterocycles. The van der Waals surface area contributed by atoms with Crippen molar-refractivity contribution < 1.29 is 38.0 Å². The van der Waals surface area contributed by atoms with E-state index in [0.29, 0.717) is 25.1 Å². The molecule has 0 saturated carbocycles. The third-order valence-corrected chi connectivity index (χ3v) is 5.04. The highest BCUT2D eigenvalue weighted by molar-refractivity contribution is 5.55. The summed E-state index contributed by atoms with van der Waals surface area (Å²) in [5.41, 5.74) is 1.48. The lowest BCUT2D eigenvalue weighted by Crippen LogP contribution is -2.99. The maximum absolute atomic E-state index is 12.3. The lowest BCUT2D eigenvalue weighted by molar-refractivity contribution is -0.991. The highest BCUT2D eigenvalue weighted by atomic mass is 19.4. The quantitative estimate of drug-likeness (QED) is 0.488. The maximum atomic E-state index is 12.3. The first-order chi connectivity index (χ1) is 15.2. The van der Waals surface area contributed by atoms with E-state index in [4.69, 9.17) is 9.73 Å². The zero-order chi connectivity index (χ0) is 22.9. The van der Waals surface area contributed by atoms with Gasteiger partial charge in [-0.25, -0.2) is 5.21 Å². The molecule has 0 amide bonds. The van der Waals surface area contributed by atoms with E-state index in [2.05, 4.69) is 14.9 Å². The zero-order valence-electron chi connectivity index (χ0n) is 16.5. The Morgan fingerprint density at radius 2 is 1.84 bits per heavy atom. The Hall–Kier alpha value is -3.03. The molecule has 0 aliphatic carbocycles. The Bertz CT molecular complexity index is 1040. The van der Waals surface area contributed by atoms with Gasteiger partial charge in [0.1, 0.15) is 5.75 Å². The molecule has 1 saturated heterocycles. The van der Waals surface area contributed by atoms with Crippen molar-refractivity contribution >= 4 is 5.69 Å². The summed E-state index contributed by atoms with van der Waals surface area (Å²) in [6, 6.07) is 11.2. The molecule has 3 atom stereocenters. The van der Waals surface area contributed by atoms with Crippen LogP contribution in [0.25, 0.3) is 11.4 Å². The average Bonchev–Trinajstić information content (AvgIpc) is 3.34. The molecule has 3 aromatic rings. The van der Waals surface area contributed by atoms with Gasteiger partial charge >= 0.3 is 6.36 Å². The predicted molar refractivity (Wildman–Crippen MR) is 102 cm³/mol. The van der Waals surface area contributed by atoms with Crippen LogP contribution in [0.3, 0.4) is 0 Å². The van der Waals surface area contributed by atoms with Crippen LogP contribution in [-0.4, -0.2) is 44.4 Å². The Morgan fingerprint density at radius 3 is 2.47 bits per heavy atom. The number of nitrogens with zero attached hydrogens (tertiary/aromatic N) is 3. The summed E-state index contributed by atoms with van der Waals surface area (Å²) in [6.07, 6.45) is -5.01. The number of β-amino-alcohol motifs (C(OH)–C–C–N with tert-alkyl or cyclic N) is 1. The second-order valence-corrected chi connectivity index (χ2v) is 7.37. The SMILES string of the molecule is [O-][NH+](O)c1ccc(CN2C[C@H](O)C[C@H]2c2nc(-c3ccc(OC(F)(F)F)cc3)no2)cc1. The summed E-state index contributed by atoms with van der Waals surface area (Å²) in [7, 11) is 0. The molecule has 1 aliphatic rings. The number of benzene rings is 2. The number of hydrogen-bond acceptors (Lipinski definition) is 8. The summed E-state index contributed by atoms with van der Waals surface area (Å²) < 4.78 is 46.2. The topological polar surface area (TPSA) is 119 Å². The van der Waals surface area contributed by atoms with Gasteiger partial charge in [-0.1, -0.05) is 17.3 Å². The fourth-order valence-corrected chi connectivity index (χ4v) is 3.59. The van der Waals surface area contributed by atoms with Crippen molar-refractivity contribution in [1.82, 2.24) is 15.0 Å². The molecule has 0 bridgehead atoms. The van der Waals surface area contributed by atoms with Crippen molar-refractivity contribution in [1.29, 1.82) is 0 Å². The number of aromatic nitrogens is 2. The normalized spacial score (nSPS) is 20.4. The van der Waals surface area contributed by atoms with E-state index < -0.39 is 17.7 Å². The summed E-state index contributed by atoms with van der Waals surface area (Å²) in [5, 5.41) is 33.1. The van der Waals surface area contributed by atoms with Crippen LogP contribution in [0.1, 0.15) is 23.9 Å². The van der Waals surface area contributed by atoms with Crippen LogP contribution in [0.4, 0.5) is 18.9 Å². The van der Waals surface area contributed by atoms with Gasteiger partial charge in [-0.3, -0.25) is 4.90 Å². The van der Waals surface area contributed by atoms with Gasteiger partial charge in [0.2, 0.25) is 11.7 Å². The minimum absolute atomic E-state index is 0.181. The van der Waals surface area contributed by atoms with Crippen molar-refractivity contribution in [2.24, 2.45) is 0 Å². The first kappa shape index (κ1) is 22.2. The first-order valence-electron chi connectivity index (χ1n) is 9.62. The van der Waals surface area contributed by atoms with Crippen molar-refractivity contribution in [2.75, 3.05) is 6.54 Å². The van der Waals surface area contributed by atoms with Crippen LogP contribution in [-0.2, 0) is 6.54 Å². The third-order valence-electron chi connectivity index (χ3n) is 5.04. The van der Waals surface area contributed by atoms with Crippen LogP contribution < -0.4 is 9.96 Å². The minimum Gasteiger partial charge on any atom is -0.595 e. The lowest BCUT2D eigenvalue weighted by Gasteiger charge is -2.21. The van der Waals surface area contributed by atoms with E-state index in [0.717, 1.165) is 17.7 Å². The van der Waals surface area contributed by atoms with E-state index in [1.165, 1.54) is 24.3 Å². The van der Waals surface area contributed by atoms with Crippen LogP contribution >= 0.6 is 0 Å². The van der Waals surface area contributed by atoms with Gasteiger partial charge in [-0.2, -0.15) is 10.2 Å². The van der Waals surface area contributed by atoms with E-state index in [9.17, 15) is 23.5 Å². The Morgan fingerprint density at radius 1 is 1.16 bits per heavy atom. The average molecular weight is 452 g/mol. The van der Waals surface area contributed by atoms with Crippen molar-refractivity contribution in [3.05, 3.63) is 65.2 Å². The summed E-state index contributed by atoms with van der Waals surface area (Å²) in [4.78, 5) is 6.30. The third kappa shape index (κ3) is 5.23. The van der Waals surface area contributed by atoms with Gasteiger partial charge in [0, 0.05) is 30.8 Å².